The molecule has 0 aromatic heterocycles. The highest BCUT2D eigenvalue weighted by Crippen LogP contribution is 2.20. The molecule has 0 saturated heterocycles. The summed E-state index contributed by atoms with van der Waals surface area (Å²) in [6.07, 6.45) is 3.69. The van der Waals surface area contributed by atoms with Crippen molar-refractivity contribution in [2.24, 2.45) is 5.92 Å². The Morgan fingerprint density at radius 3 is 2.61 bits per heavy atom. The number of nitrogens with one attached hydrogen (secondary N) is 1. The van der Waals surface area contributed by atoms with Crippen LogP contribution in [-0.2, 0) is 6.54 Å². The lowest BCUT2D eigenvalue weighted by Gasteiger charge is -2.15. The Hall–Kier alpha value is -0.410. The standard InChI is InChI=1S/C15H23BrFN/c1-11(2)6-4-7-12(3)18-10-13-8-5-9-14(17)15(13)16/h5,8-9,11-12,18H,4,6-7,10H2,1-3H3. The second-order valence-electron chi connectivity index (χ2n) is 5.32. The lowest BCUT2D eigenvalue weighted by Crippen LogP contribution is -2.25. The van der Waals surface area contributed by atoms with Crippen molar-refractivity contribution in [2.45, 2.75) is 52.6 Å². The number of hydrogen-bond donors (Lipinski definition) is 1. The van der Waals surface area contributed by atoms with E-state index in [2.05, 4.69) is 42.0 Å². The SMILES string of the molecule is CC(C)CCCC(C)NCc1cccc(F)c1Br. The topological polar surface area (TPSA) is 12.0 Å². The van der Waals surface area contributed by atoms with Crippen LogP contribution in [0, 0.1) is 11.7 Å². The summed E-state index contributed by atoms with van der Waals surface area (Å²) in [7, 11) is 0. The molecule has 1 aromatic rings. The Kier molecular flexibility index (Phi) is 6.87. The van der Waals surface area contributed by atoms with Gasteiger partial charge in [0.2, 0.25) is 0 Å². The summed E-state index contributed by atoms with van der Waals surface area (Å²) in [5.41, 5.74) is 0.978. The Labute approximate surface area is 118 Å². The number of halogens is 2. The van der Waals surface area contributed by atoms with Crippen molar-refractivity contribution in [1.29, 1.82) is 0 Å². The van der Waals surface area contributed by atoms with E-state index in [9.17, 15) is 4.39 Å². The van der Waals surface area contributed by atoms with Crippen LogP contribution in [0.15, 0.2) is 22.7 Å². The molecule has 0 radical (unpaired) electrons. The van der Waals surface area contributed by atoms with E-state index in [1.807, 2.05) is 6.07 Å². The summed E-state index contributed by atoms with van der Waals surface area (Å²) < 4.78 is 13.9. The van der Waals surface area contributed by atoms with Crippen LogP contribution in [0.4, 0.5) is 4.39 Å². The monoisotopic (exact) mass is 315 g/mol. The third kappa shape index (κ3) is 5.49. The van der Waals surface area contributed by atoms with Gasteiger partial charge in [0.1, 0.15) is 5.82 Å². The van der Waals surface area contributed by atoms with Gasteiger partial charge < -0.3 is 5.32 Å². The zero-order valence-electron chi connectivity index (χ0n) is 11.5. The predicted octanol–water partition coefficient (Wildman–Crippen LogP) is 4.89. The molecule has 0 spiro atoms. The van der Waals surface area contributed by atoms with Crippen LogP contribution in [-0.4, -0.2) is 6.04 Å². The molecule has 0 heterocycles. The van der Waals surface area contributed by atoms with Crippen LogP contribution in [0.25, 0.3) is 0 Å². The molecule has 1 unspecified atom stereocenters. The fraction of sp³-hybridized carbons (Fsp3) is 0.600. The lowest BCUT2D eigenvalue weighted by atomic mass is 10.0. The van der Waals surface area contributed by atoms with Crippen LogP contribution in [0.2, 0.25) is 0 Å². The molecule has 0 fully saturated rings. The summed E-state index contributed by atoms with van der Waals surface area (Å²) >= 11 is 3.29. The van der Waals surface area contributed by atoms with Crippen LogP contribution < -0.4 is 5.32 Å². The van der Waals surface area contributed by atoms with Crippen molar-refractivity contribution < 1.29 is 4.39 Å². The predicted molar refractivity (Wildman–Crippen MR) is 79.1 cm³/mol. The van der Waals surface area contributed by atoms with Gasteiger partial charge in [0.25, 0.3) is 0 Å². The van der Waals surface area contributed by atoms with Crippen LogP contribution in [0.5, 0.6) is 0 Å². The minimum absolute atomic E-state index is 0.193. The summed E-state index contributed by atoms with van der Waals surface area (Å²) in [5, 5.41) is 3.44. The van der Waals surface area contributed by atoms with Crippen molar-refractivity contribution in [3.05, 3.63) is 34.1 Å². The second-order valence-corrected chi connectivity index (χ2v) is 6.11. The fourth-order valence-electron chi connectivity index (χ4n) is 1.90. The average molecular weight is 316 g/mol. The molecule has 1 nitrogen and oxygen atoms in total. The van der Waals surface area contributed by atoms with Gasteiger partial charge >= 0.3 is 0 Å². The first kappa shape index (κ1) is 15.6. The van der Waals surface area contributed by atoms with Gasteiger partial charge in [-0.05, 0) is 46.8 Å². The summed E-state index contributed by atoms with van der Waals surface area (Å²) in [4.78, 5) is 0. The van der Waals surface area contributed by atoms with Gasteiger partial charge in [-0.3, -0.25) is 0 Å². The van der Waals surface area contributed by atoms with Crippen molar-refractivity contribution in [2.75, 3.05) is 0 Å². The molecule has 0 aliphatic carbocycles. The van der Waals surface area contributed by atoms with Gasteiger partial charge in [0.15, 0.2) is 0 Å². The second kappa shape index (κ2) is 7.90. The van der Waals surface area contributed by atoms with Gasteiger partial charge in [-0.15, -0.1) is 0 Å². The molecule has 102 valence electrons. The maximum Gasteiger partial charge on any atom is 0.137 e. The van der Waals surface area contributed by atoms with E-state index in [-0.39, 0.29) is 5.82 Å². The van der Waals surface area contributed by atoms with Gasteiger partial charge in [-0.25, -0.2) is 4.39 Å². The number of benzene rings is 1. The molecular weight excluding hydrogens is 293 g/mol. The number of hydrogen-bond acceptors (Lipinski definition) is 1. The Morgan fingerprint density at radius 1 is 1.22 bits per heavy atom. The van der Waals surface area contributed by atoms with Gasteiger partial charge in [0, 0.05) is 12.6 Å². The summed E-state index contributed by atoms with van der Waals surface area (Å²) in [5.74, 6) is 0.580. The van der Waals surface area contributed by atoms with Gasteiger partial charge in [0.05, 0.1) is 4.47 Å². The highest BCUT2D eigenvalue weighted by molar-refractivity contribution is 9.10. The van der Waals surface area contributed by atoms with Crippen molar-refractivity contribution in [1.82, 2.24) is 5.32 Å². The van der Waals surface area contributed by atoms with E-state index in [1.54, 1.807) is 6.07 Å². The first-order valence-electron chi connectivity index (χ1n) is 6.67. The molecule has 1 atom stereocenters. The van der Waals surface area contributed by atoms with Crippen molar-refractivity contribution in [3.63, 3.8) is 0 Å². The minimum atomic E-state index is -0.193. The zero-order chi connectivity index (χ0) is 13.5. The summed E-state index contributed by atoms with van der Waals surface area (Å²) in [6.45, 7) is 7.40. The maximum absolute atomic E-state index is 13.3. The zero-order valence-corrected chi connectivity index (χ0v) is 13.1. The van der Waals surface area contributed by atoms with Crippen molar-refractivity contribution >= 4 is 15.9 Å². The molecule has 3 heteroatoms. The van der Waals surface area contributed by atoms with Crippen LogP contribution in [0.1, 0.15) is 45.6 Å². The van der Waals surface area contributed by atoms with E-state index in [1.165, 1.54) is 25.3 Å². The molecule has 18 heavy (non-hydrogen) atoms. The summed E-state index contributed by atoms with van der Waals surface area (Å²) in [6, 6.07) is 5.64. The van der Waals surface area contributed by atoms with E-state index in [0.29, 0.717) is 17.1 Å². The molecule has 0 bridgehead atoms. The molecule has 1 rings (SSSR count). The van der Waals surface area contributed by atoms with Gasteiger partial charge in [-0.1, -0.05) is 38.8 Å². The largest absolute Gasteiger partial charge is 0.310 e. The molecule has 0 aliphatic heterocycles. The lowest BCUT2D eigenvalue weighted by molar-refractivity contribution is 0.456. The molecule has 1 aromatic carbocycles. The fourth-order valence-corrected chi connectivity index (χ4v) is 2.31. The van der Waals surface area contributed by atoms with Crippen molar-refractivity contribution in [3.8, 4) is 0 Å². The van der Waals surface area contributed by atoms with E-state index in [4.69, 9.17) is 0 Å². The van der Waals surface area contributed by atoms with E-state index >= 15 is 0 Å². The van der Waals surface area contributed by atoms with Crippen LogP contribution in [0.3, 0.4) is 0 Å². The molecule has 0 aliphatic rings. The third-order valence-corrected chi connectivity index (χ3v) is 3.98. The van der Waals surface area contributed by atoms with E-state index < -0.39 is 0 Å². The smallest absolute Gasteiger partial charge is 0.137 e. The Morgan fingerprint density at radius 2 is 1.94 bits per heavy atom. The van der Waals surface area contributed by atoms with Gasteiger partial charge in [-0.2, -0.15) is 0 Å². The number of rotatable bonds is 7. The Bertz CT molecular complexity index is 366. The highest BCUT2D eigenvalue weighted by Gasteiger charge is 2.07. The minimum Gasteiger partial charge on any atom is -0.310 e. The Balaban J connectivity index is 2.33. The molecule has 1 N–H and O–H groups in total. The molecule has 0 saturated carbocycles. The first-order valence-corrected chi connectivity index (χ1v) is 7.46. The first-order chi connectivity index (χ1) is 8.50. The maximum atomic E-state index is 13.3. The molecular formula is C15H23BrFN. The average Bonchev–Trinajstić information content (AvgIpc) is 2.30. The quantitative estimate of drug-likeness (QED) is 0.755. The normalized spacial score (nSPS) is 13.0. The van der Waals surface area contributed by atoms with E-state index in [0.717, 1.165) is 11.5 Å². The highest BCUT2D eigenvalue weighted by atomic mass is 79.9. The molecule has 0 amide bonds. The third-order valence-electron chi connectivity index (χ3n) is 3.09. The van der Waals surface area contributed by atoms with Crippen LogP contribution >= 0.6 is 15.9 Å².